The molecule has 0 aromatic heterocycles. The number of hydrogen-bond acceptors (Lipinski definition) is 3. The summed E-state index contributed by atoms with van der Waals surface area (Å²) in [4.78, 5) is 12.3. The van der Waals surface area contributed by atoms with Crippen LogP contribution in [0.4, 0.5) is 10.1 Å². The Morgan fingerprint density at radius 3 is 2.65 bits per heavy atom. The molecule has 2 aromatic rings. The van der Waals surface area contributed by atoms with E-state index in [0.717, 1.165) is 5.56 Å². The molecule has 0 spiro atoms. The van der Waals surface area contributed by atoms with E-state index in [4.69, 9.17) is 21.1 Å². The average Bonchev–Trinajstić information content (AvgIpc) is 2.58. The zero-order chi connectivity index (χ0) is 16.2. The summed E-state index contributed by atoms with van der Waals surface area (Å²) in [6.45, 7) is 1.07. The monoisotopic (exact) mass is 335 g/mol. The molecule has 0 unspecified atom stereocenters. The third kappa shape index (κ3) is 3.88. The van der Waals surface area contributed by atoms with Crippen molar-refractivity contribution in [2.24, 2.45) is 0 Å². The van der Waals surface area contributed by atoms with Crippen LogP contribution in [0.1, 0.15) is 0 Å². The van der Waals surface area contributed by atoms with E-state index in [2.05, 4.69) is 5.32 Å². The van der Waals surface area contributed by atoms with Gasteiger partial charge in [-0.2, -0.15) is 0 Å². The molecule has 1 N–H and O–H groups in total. The quantitative estimate of drug-likeness (QED) is 0.934. The zero-order valence-electron chi connectivity index (χ0n) is 12.2. The first kappa shape index (κ1) is 15.9. The van der Waals surface area contributed by atoms with Crippen molar-refractivity contribution < 1.29 is 18.7 Å². The molecule has 1 aliphatic rings. The van der Waals surface area contributed by atoms with Gasteiger partial charge in [-0.1, -0.05) is 23.7 Å². The van der Waals surface area contributed by atoms with E-state index in [1.807, 2.05) is 0 Å². The number of nitrogens with one attached hydrogen (secondary N) is 1. The summed E-state index contributed by atoms with van der Waals surface area (Å²) in [6, 6.07) is 11.2. The highest BCUT2D eigenvalue weighted by Gasteiger charge is 2.23. The maximum Gasteiger partial charge on any atom is 0.255 e. The van der Waals surface area contributed by atoms with Gasteiger partial charge < -0.3 is 14.8 Å². The summed E-state index contributed by atoms with van der Waals surface area (Å²) in [5.74, 6) is -0.697. The maximum atomic E-state index is 13.6. The van der Waals surface area contributed by atoms with Crippen LogP contribution in [0, 0.1) is 5.82 Å². The largest absolute Gasteiger partial charge is 0.376 e. The molecule has 1 fully saturated rings. The number of carbonyl (C=O) groups excluding carboxylic acids is 1. The summed E-state index contributed by atoms with van der Waals surface area (Å²) < 4.78 is 24.2. The Morgan fingerprint density at radius 1 is 1.17 bits per heavy atom. The standard InChI is InChI=1S/C17H15ClFNO3/c18-12-3-1-11(2-4-12)14-9-13(19)5-6-15(14)20-17(21)16-10-22-7-8-23-16/h1-6,9,16H,7-8,10H2,(H,20,21)/t16-/m0/s1. The molecular formula is C17H15ClFNO3. The van der Waals surface area contributed by atoms with Crippen LogP contribution in [-0.2, 0) is 14.3 Å². The highest BCUT2D eigenvalue weighted by Crippen LogP contribution is 2.30. The molecular weight excluding hydrogens is 321 g/mol. The predicted molar refractivity (Wildman–Crippen MR) is 86.0 cm³/mol. The lowest BCUT2D eigenvalue weighted by Gasteiger charge is -2.22. The number of amides is 1. The number of carbonyl (C=O) groups is 1. The normalized spacial score (nSPS) is 17.7. The van der Waals surface area contributed by atoms with Crippen LogP contribution in [0.25, 0.3) is 11.1 Å². The maximum absolute atomic E-state index is 13.6. The Labute approximate surface area is 138 Å². The van der Waals surface area contributed by atoms with Gasteiger partial charge in [0, 0.05) is 16.3 Å². The van der Waals surface area contributed by atoms with Crippen LogP contribution >= 0.6 is 11.6 Å². The van der Waals surface area contributed by atoms with Crippen molar-refractivity contribution in [1.29, 1.82) is 0 Å². The van der Waals surface area contributed by atoms with Gasteiger partial charge >= 0.3 is 0 Å². The van der Waals surface area contributed by atoms with Gasteiger partial charge in [0.05, 0.1) is 19.8 Å². The molecule has 23 heavy (non-hydrogen) atoms. The van der Waals surface area contributed by atoms with Crippen molar-refractivity contribution in [3.63, 3.8) is 0 Å². The van der Waals surface area contributed by atoms with Crippen molar-refractivity contribution in [3.05, 3.63) is 53.3 Å². The van der Waals surface area contributed by atoms with E-state index in [-0.39, 0.29) is 18.3 Å². The zero-order valence-corrected chi connectivity index (χ0v) is 13.0. The Balaban J connectivity index is 1.86. The number of rotatable bonds is 3. The molecule has 2 aromatic carbocycles. The Bertz CT molecular complexity index is 699. The van der Waals surface area contributed by atoms with Crippen molar-refractivity contribution in [2.45, 2.75) is 6.10 Å². The lowest BCUT2D eigenvalue weighted by atomic mass is 10.0. The lowest BCUT2D eigenvalue weighted by molar-refractivity contribution is -0.142. The number of benzene rings is 2. The van der Waals surface area contributed by atoms with Gasteiger partial charge in [-0.3, -0.25) is 4.79 Å². The van der Waals surface area contributed by atoms with Gasteiger partial charge in [0.15, 0.2) is 6.10 Å². The third-order valence-electron chi connectivity index (χ3n) is 3.50. The predicted octanol–water partition coefficient (Wildman–Crippen LogP) is 3.50. The van der Waals surface area contributed by atoms with E-state index < -0.39 is 6.10 Å². The summed E-state index contributed by atoms with van der Waals surface area (Å²) in [7, 11) is 0. The summed E-state index contributed by atoms with van der Waals surface area (Å²) >= 11 is 5.88. The van der Waals surface area contributed by atoms with Gasteiger partial charge in [0.1, 0.15) is 5.82 Å². The second-order valence-corrected chi connectivity index (χ2v) is 5.56. The third-order valence-corrected chi connectivity index (χ3v) is 3.76. The number of anilines is 1. The Hall–Kier alpha value is -1.95. The van der Waals surface area contributed by atoms with Crippen molar-refractivity contribution in [3.8, 4) is 11.1 Å². The smallest absolute Gasteiger partial charge is 0.255 e. The van der Waals surface area contributed by atoms with Crippen LogP contribution in [0.15, 0.2) is 42.5 Å². The van der Waals surface area contributed by atoms with Crippen LogP contribution in [0.5, 0.6) is 0 Å². The molecule has 0 aliphatic carbocycles. The van der Waals surface area contributed by atoms with Gasteiger partial charge in [0.2, 0.25) is 0 Å². The van der Waals surface area contributed by atoms with E-state index in [9.17, 15) is 9.18 Å². The minimum absolute atomic E-state index is 0.212. The molecule has 1 aliphatic heterocycles. The minimum Gasteiger partial charge on any atom is -0.376 e. The summed E-state index contributed by atoms with van der Waals surface area (Å²) in [6.07, 6.45) is -0.660. The fraction of sp³-hybridized carbons (Fsp3) is 0.235. The van der Waals surface area contributed by atoms with Gasteiger partial charge in [-0.15, -0.1) is 0 Å². The molecule has 6 heteroatoms. The highest BCUT2D eigenvalue weighted by molar-refractivity contribution is 6.30. The molecule has 1 amide bonds. The minimum atomic E-state index is -0.660. The fourth-order valence-corrected chi connectivity index (χ4v) is 2.47. The van der Waals surface area contributed by atoms with Gasteiger partial charge in [-0.25, -0.2) is 4.39 Å². The molecule has 3 rings (SSSR count). The van der Waals surface area contributed by atoms with Crippen LogP contribution in [0.2, 0.25) is 5.02 Å². The van der Waals surface area contributed by atoms with E-state index >= 15 is 0 Å². The van der Waals surface area contributed by atoms with Crippen molar-refractivity contribution >= 4 is 23.2 Å². The average molecular weight is 336 g/mol. The molecule has 0 radical (unpaired) electrons. The van der Waals surface area contributed by atoms with Gasteiger partial charge in [0.25, 0.3) is 5.91 Å². The second kappa shape index (κ2) is 7.08. The molecule has 1 atom stereocenters. The topological polar surface area (TPSA) is 47.6 Å². The Morgan fingerprint density at radius 2 is 1.96 bits per heavy atom. The molecule has 1 saturated heterocycles. The molecule has 0 bridgehead atoms. The first-order valence-electron chi connectivity index (χ1n) is 7.19. The fourth-order valence-electron chi connectivity index (χ4n) is 2.35. The highest BCUT2D eigenvalue weighted by atomic mass is 35.5. The SMILES string of the molecule is O=C(Nc1ccc(F)cc1-c1ccc(Cl)cc1)[C@@H]1COCCO1. The summed E-state index contributed by atoms with van der Waals surface area (Å²) in [5.41, 5.74) is 1.84. The van der Waals surface area contributed by atoms with Crippen molar-refractivity contribution in [2.75, 3.05) is 25.1 Å². The second-order valence-electron chi connectivity index (χ2n) is 5.12. The van der Waals surface area contributed by atoms with Crippen LogP contribution in [0.3, 0.4) is 0 Å². The molecule has 0 saturated carbocycles. The van der Waals surface area contributed by atoms with Crippen LogP contribution in [-0.4, -0.2) is 31.8 Å². The molecule has 120 valence electrons. The first-order valence-corrected chi connectivity index (χ1v) is 7.57. The lowest BCUT2D eigenvalue weighted by Crippen LogP contribution is -2.39. The first-order chi connectivity index (χ1) is 11.1. The number of halogens is 2. The van der Waals surface area contributed by atoms with Crippen LogP contribution < -0.4 is 5.32 Å². The number of hydrogen-bond donors (Lipinski definition) is 1. The molecule has 1 heterocycles. The van der Waals surface area contributed by atoms with E-state index in [1.54, 1.807) is 24.3 Å². The van der Waals surface area contributed by atoms with E-state index in [0.29, 0.717) is 29.5 Å². The summed E-state index contributed by atoms with van der Waals surface area (Å²) in [5, 5.41) is 3.36. The van der Waals surface area contributed by atoms with Gasteiger partial charge in [-0.05, 0) is 35.9 Å². The number of ether oxygens (including phenoxy) is 2. The molecule has 4 nitrogen and oxygen atoms in total. The van der Waals surface area contributed by atoms with Crippen molar-refractivity contribution in [1.82, 2.24) is 0 Å². The van der Waals surface area contributed by atoms with E-state index in [1.165, 1.54) is 18.2 Å². The Kier molecular flexibility index (Phi) is 4.91.